The van der Waals surface area contributed by atoms with Crippen molar-refractivity contribution in [1.29, 1.82) is 0 Å². The Balaban J connectivity index is 1.27. The monoisotopic (exact) mass is 704 g/mol. The van der Waals surface area contributed by atoms with Gasteiger partial charge in [-0.2, -0.15) is 0 Å². The minimum Gasteiger partial charge on any atom is -0.508 e. The Bertz CT molecular complexity index is 1950. The second-order valence-corrected chi connectivity index (χ2v) is 12.6. The summed E-state index contributed by atoms with van der Waals surface area (Å²) < 4.78 is 43.5. The fourth-order valence-electron chi connectivity index (χ4n) is 7.16. The van der Waals surface area contributed by atoms with E-state index in [1.54, 1.807) is 30.3 Å². The number of carbonyl (C=O) groups is 4. The van der Waals surface area contributed by atoms with Crippen LogP contribution >= 0.6 is 15.9 Å². The number of phenols is 1. The fraction of sp³-hybridized carbons (Fsp3) is 0.200. The lowest BCUT2D eigenvalue weighted by Crippen LogP contribution is -2.39. The number of allylic oxidation sites excluding steroid dienone is 6. The summed E-state index contributed by atoms with van der Waals surface area (Å²) in [6, 6.07) is 19.2. The van der Waals surface area contributed by atoms with Gasteiger partial charge in [0.25, 0.3) is 0 Å². The number of nitrogens with one attached hydrogen (secondary N) is 1. The Hall–Kier alpha value is -4.97. The van der Waals surface area contributed by atoms with Crippen LogP contribution in [0.25, 0.3) is 0 Å². The highest BCUT2D eigenvalue weighted by molar-refractivity contribution is 9.12. The lowest BCUT2D eigenvalue weighted by atomic mass is 9.59. The maximum absolute atomic E-state index is 14.2. The lowest BCUT2D eigenvalue weighted by molar-refractivity contribution is -0.274. The summed E-state index contributed by atoms with van der Waals surface area (Å²) in [5.74, 6) is -6.59. The number of ether oxygens (including phenoxy) is 1. The van der Waals surface area contributed by atoms with Crippen LogP contribution in [0.3, 0.4) is 0 Å². The van der Waals surface area contributed by atoms with Crippen molar-refractivity contribution in [3.05, 3.63) is 112 Å². The van der Waals surface area contributed by atoms with Gasteiger partial charge < -0.3 is 15.2 Å². The van der Waals surface area contributed by atoms with E-state index in [0.29, 0.717) is 11.3 Å². The van der Waals surface area contributed by atoms with E-state index in [1.165, 1.54) is 0 Å². The number of imide groups is 1. The number of Topliss-reactive ketones (excluding diaryl/α,β-unsaturated/α-hetero) is 1. The number of para-hydroxylation sites is 1. The Morgan fingerprint density at radius 2 is 1.60 bits per heavy atom. The van der Waals surface area contributed by atoms with Gasteiger partial charge in [0.15, 0.2) is 11.6 Å². The predicted molar refractivity (Wildman–Crippen MR) is 168 cm³/mol. The Labute approximate surface area is 274 Å². The maximum Gasteiger partial charge on any atom is 0.573 e. The molecule has 0 bridgehead atoms. The second-order valence-electron chi connectivity index (χ2n) is 11.7. The van der Waals surface area contributed by atoms with Crippen molar-refractivity contribution in [2.24, 2.45) is 17.8 Å². The van der Waals surface area contributed by atoms with Crippen LogP contribution in [-0.4, -0.2) is 34.8 Å². The molecule has 0 aromatic heterocycles. The number of halogens is 4. The zero-order valence-corrected chi connectivity index (χ0v) is 25.8. The molecule has 3 aromatic rings. The molecule has 4 atom stereocenters. The third kappa shape index (κ3) is 5.36. The molecule has 2 N–H and O–H groups in total. The number of benzene rings is 3. The SMILES string of the molecule is O=C1C=C(Br)C(=O)C2=C1[C@@H](c1cc(OC(F)(F)F)ccc1O)C1=CC[C@@H]3C(=O)N(c4ccc(Nc5ccccc5)cc4)C(=O)[C@@H]3[C@@H]1C2. The molecule has 0 saturated carbocycles. The summed E-state index contributed by atoms with van der Waals surface area (Å²) >= 11 is 3.14. The van der Waals surface area contributed by atoms with Gasteiger partial charge >= 0.3 is 6.36 Å². The van der Waals surface area contributed by atoms with Crippen molar-refractivity contribution in [2.45, 2.75) is 25.1 Å². The maximum atomic E-state index is 14.2. The van der Waals surface area contributed by atoms with Crippen LogP contribution in [0.2, 0.25) is 0 Å². The first-order valence-corrected chi connectivity index (χ1v) is 15.5. The van der Waals surface area contributed by atoms with E-state index in [4.69, 9.17) is 0 Å². The van der Waals surface area contributed by atoms with Crippen LogP contribution in [0.5, 0.6) is 11.5 Å². The minimum atomic E-state index is -5.02. The fourth-order valence-corrected chi connectivity index (χ4v) is 7.61. The van der Waals surface area contributed by atoms with Crippen LogP contribution in [0, 0.1) is 17.8 Å². The quantitative estimate of drug-likeness (QED) is 0.167. The molecule has 3 aromatic carbocycles. The number of rotatable bonds is 5. The molecule has 1 fully saturated rings. The highest BCUT2D eigenvalue weighted by Crippen LogP contribution is 2.57. The first-order chi connectivity index (χ1) is 22.4. The predicted octanol–water partition coefficient (Wildman–Crippen LogP) is 7.00. The Morgan fingerprint density at radius 3 is 2.30 bits per heavy atom. The van der Waals surface area contributed by atoms with Crippen LogP contribution in [0.15, 0.2) is 106 Å². The first-order valence-electron chi connectivity index (χ1n) is 14.7. The second kappa shape index (κ2) is 11.4. The minimum absolute atomic E-state index is 0.00202. The molecule has 0 spiro atoms. The van der Waals surface area contributed by atoms with E-state index in [2.05, 4.69) is 26.0 Å². The molecule has 1 heterocycles. The van der Waals surface area contributed by atoms with E-state index in [1.807, 2.05) is 30.3 Å². The van der Waals surface area contributed by atoms with Gasteiger partial charge in [-0.25, -0.2) is 0 Å². The van der Waals surface area contributed by atoms with E-state index in [0.717, 1.165) is 40.5 Å². The molecule has 238 valence electrons. The summed E-state index contributed by atoms with van der Waals surface area (Å²) in [4.78, 5) is 55.9. The van der Waals surface area contributed by atoms with Crippen molar-refractivity contribution in [3.8, 4) is 11.5 Å². The summed E-state index contributed by atoms with van der Waals surface area (Å²) in [7, 11) is 0. The van der Waals surface area contributed by atoms with Crippen LogP contribution in [-0.2, 0) is 19.2 Å². The van der Waals surface area contributed by atoms with Crippen LogP contribution in [0.4, 0.5) is 30.2 Å². The summed E-state index contributed by atoms with van der Waals surface area (Å²) in [6.07, 6.45) is -2.14. The molecule has 8 nitrogen and oxygen atoms in total. The van der Waals surface area contributed by atoms with Gasteiger partial charge in [0.2, 0.25) is 11.8 Å². The van der Waals surface area contributed by atoms with Gasteiger partial charge in [-0.05, 0) is 89.3 Å². The number of anilines is 3. The van der Waals surface area contributed by atoms with Gasteiger partial charge in [0, 0.05) is 40.1 Å². The lowest BCUT2D eigenvalue weighted by Gasteiger charge is -2.42. The Morgan fingerprint density at radius 1 is 0.894 bits per heavy atom. The zero-order valence-electron chi connectivity index (χ0n) is 24.3. The van der Waals surface area contributed by atoms with Crippen molar-refractivity contribution >= 4 is 56.4 Å². The molecule has 12 heteroatoms. The summed E-state index contributed by atoms with van der Waals surface area (Å²) in [5, 5.41) is 14.2. The molecule has 3 aliphatic carbocycles. The highest BCUT2D eigenvalue weighted by Gasteiger charge is 2.57. The molecular weight excluding hydrogens is 681 g/mol. The number of fused-ring (bicyclic) bond motifs is 3. The molecule has 47 heavy (non-hydrogen) atoms. The first kappa shape index (κ1) is 30.7. The molecule has 4 aliphatic rings. The zero-order chi connectivity index (χ0) is 33.2. The Kier molecular flexibility index (Phi) is 7.42. The largest absolute Gasteiger partial charge is 0.573 e. The smallest absolute Gasteiger partial charge is 0.508 e. The molecule has 1 aliphatic heterocycles. The number of carbonyl (C=O) groups excluding carboxylic acids is 4. The number of aromatic hydroxyl groups is 1. The third-order valence-electron chi connectivity index (χ3n) is 9.06. The number of alkyl halides is 3. The van der Waals surface area contributed by atoms with Gasteiger partial charge in [-0.1, -0.05) is 29.8 Å². The van der Waals surface area contributed by atoms with Crippen molar-refractivity contribution < 1.29 is 42.2 Å². The third-order valence-corrected chi connectivity index (χ3v) is 9.65. The van der Waals surface area contributed by atoms with Gasteiger partial charge in [-0.15, -0.1) is 13.2 Å². The van der Waals surface area contributed by atoms with Crippen molar-refractivity contribution in [1.82, 2.24) is 0 Å². The number of ketones is 2. The van der Waals surface area contributed by atoms with E-state index < -0.39 is 64.9 Å². The summed E-state index contributed by atoms with van der Waals surface area (Å²) in [5.41, 5.74) is 2.44. The van der Waals surface area contributed by atoms with Gasteiger partial charge in [-0.3, -0.25) is 24.1 Å². The topological polar surface area (TPSA) is 113 Å². The number of hydrogen-bond donors (Lipinski definition) is 2. The van der Waals surface area contributed by atoms with Crippen LogP contribution in [0.1, 0.15) is 24.3 Å². The average molecular weight is 705 g/mol. The number of amides is 2. The molecular formula is C35H24BrF3N2O6. The summed E-state index contributed by atoms with van der Waals surface area (Å²) in [6.45, 7) is 0. The van der Waals surface area contributed by atoms with Crippen molar-refractivity contribution in [2.75, 3.05) is 10.2 Å². The van der Waals surface area contributed by atoms with Gasteiger partial charge in [0.1, 0.15) is 11.5 Å². The number of hydrogen-bond acceptors (Lipinski definition) is 7. The van der Waals surface area contributed by atoms with Gasteiger partial charge in [0.05, 0.1) is 22.0 Å². The molecule has 7 rings (SSSR count). The average Bonchev–Trinajstić information content (AvgIpc) is 3.29. The molecule has 0 unspecified atom stereocenters. The highest BCUT2D eigenvalue weighted by atomic mass is 79.9. The van der Waals surface area contributed by atoms with Crippen LogP contribution < -0.4 is 15.0 Å². The molecule has 0 radical (unpaired) electrons. The number of phenolic OH excluding ortho intramolecular Hbond substituents is 1. The van der Waals surface area contributed by atoms with E-state index >= 15 is 0 Å². The normalized spacial score (nSPS) is 24.0. The van der Waals surface area contributed by atoms with Crippen molar-refractivity contribution in [3.63, 3.8) is 0 Å². The van der Waals surface area contributed by atoms with E-state index in [9.17, 15) is 37.5 Å². The standard InChI is InChI=1S/C35H24BrF3N2O6/c36-26-16-28(43)31-25(32(26)44)15-23-21(29(31)24-14-20(10-13-27(24)42)47-35(37,38)39)11-12-22-30(23)34(46)41(33(22)45)19-8-6-18(7-9-19)40-17-4-2-1-3-5-17/h1-11,13-14,16,22-23,29-30,40,42H,12,15H2/t22-,23+,29+,30-/m0/s1. The molecule has 2 amide bonds. The van der Waals surface area contributed by atoms with E-state index in [-0.39, 0.29) is 34.0 Å². The molecule has 1 saturated heterocycles. The number of nitrogens with zero attached hydrogens (tertiary/aromatic N) is 1.